The van der Waals surface area contributed by atoms with E-state index in [1.165, 1.54) is 0 Å². The van der Waals surface area contributed by atoms with Crippen LogP contribution in [0.3, 0.4) is 0 Å². The number of nitrogens with one attached hydrogen (secondary N) is 2. The molecule has 2 amide bonds. The van der Waals surface area contributed by atoms with Crippen molar-refractivity contribution in [1.29, 1.82) is 0 Å². The SMILES string of the molecule is CCOC1CCC(CNC(=O)C23CC(NC(=O)COC4CCC(Cl)C(F)C4)(C2)C3)CC1. The Balaban J connectivity index is 1.11. The maximum atomic E-state index is 13.7. The molecule has 31 heavy (non-hydrogen) atoms. The van der Waals surface area contributed by atoms with Crippen molar-refractivity contribution in [2.75, 3.05) is 19.8 Å². The average Bonchev–Trinajstić information content (AvgIpc) is 2.70. The molecule has 0 radical (unpaired) electrons. The number of ether oxygens (including phenoxy) is 2. The first-order chi connectivity index (χ1) is 14.8. The summed E-state index contributed by atoms with van der Waals surface area (Å²) in [5.74, 6) is 0.499. The van der Waals surface area contributed by atoms with E-state index >= 15 is 0 Å². The molecule has 6 nitrogen and oxygen atoms in total. The van der Waals surface area contributed by atoms with Crippen LogP contribution >= 0.6 is 11.6 Å². The molecule has 2 N–H and O–H groups in total. The second kappa shape index (κ2) is 9.52. The molecule has 0 aromatic heterocycles. The van der Waals surface area contributed by atoms with Crippen LogP contribution in [0.25, 0.3) is 0 Å². The highest BCUT2D eigenvalue weighted by molar-refractivity contribution is 6.21. The summed E-state index contributed by atoms with van der Waals surface area (Å²) in [4.78, 5) is 25.0. The van der Waals surface area contributed by atoms with Crippen molar-refractivity contribution in [3.8, 4) is 0 Å². The Morgan fingerprint density at radius 2 is 1.71 bits per heavy atom. The number of carbonyl (C=O) groups excluding carboxylic acids is 2. The first-order valence-electron chi connectivity index (χ1n) is 11.9. The molecular formula is C23H36ClFN2O4. The molecule has 5 rings (SSSR count). The smallest absolute Gasteiger partial charge is 0.246 e. The third-order valence-corrected chi connectivity index (χ3v) is 8.25. The van der Waals surface area contributed by atoms with Gasteiger partial charge in [0.15, 0.2) is 0 Å². The lowest BCUT2D eigenvalue weighted by atomic mass is 9.39. The first kappa shape index (κ1) is 23.2. The van der Waals surface area contributed by atoms with Crippen LogP contribution in [0, 0.1) is 11.3 Å². The third kappa shape index (κ3) is 5.19. The van der Waals surface area contributed by atoms with Gasteiger partial charge in [-0.05, 0) is 70.6 Å². The van der Waals surface area contributed by atoms with Gasteiger partial charge >= 0.3 is 0 Å². The molecule has 0 aromatic carbocycles. The van der Waals surface area contributed by atoms with Gasteiger partial charge in [-0.2, -0.15) is 0 Å². The summed E-state index contributed by atoms with van der Waals surface area (Å²) in [6, 6.07) is 0. The van der Waals surface area contributed by atoms with Crippen molar-refractivity contribution in [2.45, 2.75) is 100 Å². The van der Waals surface area contributed by atoms with E-state index in [9.17, 15) is 14.0 Å². The van der Waals surface area contributed by atoms with Gasteiger partial charge in [-0.15, -0.1) is 11.6 Å². The molecular weight excluding hydrogens is 423 g/mol. The Kier molecular flexibility index (Phi) is 7.14. The van der Waals surface area contributed by atoms with Crippen molar-refractivity contribution in [3.05, 3.63) is 0 Å². The van der Waals surface area contributed by atoms with Gasteiger partial charge in [0.05, 0.1) is 23.0 Å². The topological polar surface area (TPSA) is 76.7 Å². The highest BCUT2D eigenvalue weighted by Crippen LogP contribution is 2.67. The van der Waals surface area contributed by atoms with E-state index in [0.717, 1.165) is 38.8 Å². The maximum absolute atomic E-state index is 13.7. The highest BCUT2D eigenvalue weighted by atomic mass is 35.5. The van der Waals surface area contributed by atoms with Gasteiger partial charge in [0, 0.05) is 25.1 Å². The van der Waals surface area contributed by atoms with Gasteiger partial charge in [-0.1, -0.05) is 0 Å². The lowest BCUT2D eigenvalue weighted by Gasteiger charge is -2.69. The van der Waals surface area contributed by atoms with E-state index in [1.807, 2.05) is 6.92 Å². The summed E-state index contributed by atoms with van der Waals surface area (Å²) in [7, 11) is 0. The first-order valence-corrected chi connectivity index (χ1v) is 12.4. The molecule has 5 saturated carbocycles. The maximum Gasteiger partial charge on any atom is 0.246 e. The van der Waals surface area contributed by atoms with Crippen molar-refractivity contribution >= 4 is 23.4 Å². The number of amides is 2. The molecule has 5 aliphatic carbocycles. The molecule has 5 fully saturated rings. The zero-order valence-electron chi connectivity index (χ0n) is 18.5. The van der Waals surface area contributed by atoms with Crippen LogP contribution < -0.4 is 10.6 Å². The number of hydrogen-bond donors (Lipinski definition) is 2. The molecule has 0 aromatic rings. The minimum Gasteiger partial charge on any atom is -0.379 e. The zero-order chi connectivity index (χ0) is 22.1. The van der Waals surface area contributed by atoms with Gasteiger partial charge in [-0.3, -0.25) is 9.59 Å². The predicted molar refractivity (Wildman–Crippen MR) is 116 cm³/mol. The summed E-state index contributed by atoms with van der Waals surface area (Å²) in [5, 5.41) is 5.76. The molecule has 3 unspecified atom stereocenters. The summed E-state index contributed by atoms with van der Waals surface area (Å²) in [6.07, 6.45) is 7.07. The van der Waals surface area contributed by atoms with Gasteiger partial charge in [0.25, 0.3) is 0 Å². The summed E-state index contributed by atoms with van der Waals surface area (Å²) in [6.45, 7) is 3.49. The Hall–Kier alpha value is -0.920. The number of rotatable bonds is 9. The zero-order valence-corrected chi connectivity index (χ0v) is 19.2. The lowest BCUT2D eigenvalue weighted by Crippen LogP contribution is -2.78. The van der Waals surface area contributed by atoms with Crippen LogP contribution in [-0.2, 0) is 19.1 Å². The summed E-state index contributed by atoms with van der Waals surface area (Å²) in [5.41, 5.74) is -0.541. The normalized spacial score (nSPS) is 41.6. The van der Waals surface area contributed by atoms with Crippen molar-refractivity contribution in [3.63, 3.8) is 0 Å². The monoisotopic (exact) mass is 458 g/mol. The Morgan fingerprint density at radius 1 is 1.03 bits per heavy atom. The largest absolute Gasteiger partial charge is 0.379 e. The number of hydrogen-bond acceptors (Lipinski definition) is 4. The van der Waals surface area contributed by atoms with E-state index in [-0.39, 0.29) is 41.9 Å². The molecule has 3 atom stereocenters. The quantitative estimate of drug-likeness (QED) is 0.520. The van der Waals surface area contributed by atoms with Crippen LogP contribution in [-0.4, -0.2) is 60.9 Å². The Bertz CT molecular complexity index is 650. The number of carbonyl (C=O) groups is 2. The van der Waals surface area contributed by atoms with Crippen LogP contribution in [0.15, 0.2) is 0 Å². The summed E-state index contributed by atoms with van der Waals surface area (Å²) < 4.78 is 25.0. The van der Waals surface area contributed by atoms with E-state index in [1.54, 1.807) is 0 Å². The Labute approximate surface area is 189 Å². The second-order valence-corrected chi connectivity index (χ2v) is 10.8. The fourth-order valence-electron chi connectivity index (χ4n) is 6.04. The molecule has 176 valence electrons. The standard InChI is InChI=1S/C23H36ClFN2O4/c1-2-30-16-5-3-15(4-6-16)10-26-21(29)22-12-23(13-22,14-22)27-20(28)11-31-17-7-8-18(24)19(25)9-17/h15-19H,2-14H2,1H3,(H,26,29)(H,27,28). The third-order valence-electron chi connectivity index (χ3n) is 7.76. The molecule has 0 aliphatic heterocycles. The number of alkyl halides is 2. The highest BCUT2D eigenvalue weighted by Gasteiger charge is 2.72. The van der Waals surface area contributed by atoms with Crippen LogP contribution in [0.5, 0.6) is 0 Å². The number of halogens is 2. The molecule has 8 heteroatoms. The fraction of sp³-hybridized carbons (Fsp3) is 0.913. The fourth-order valence-corrected chi connectivity index (χ4v) is 6.27. The van der Waals surface area contributed by atoms with Crippen LogP contribution in [0.1, 0.15) is 71.1 Å². The van der Waals surface area contributed by atoms with E-state index < -0.39 is 11.5 Å². The lowest BCUT2D eigenvalue weighted by molar-refractivity contribution is -0.185. The van der Waals surface area contributed by atoms with Gasteiger partial charge in [-0.25, -0.2) is 4.39 Å². The summed E-state index contributed by atoms with van der Waals surface area (Å²) >= 11 is 5.89. The molecule has 0 saturated heterocycles. The second-order valence-electron chi connectivity index (χ2n) is 10.2. The minimum absolute atomic E-state index is 0.0598. The van der Waals surface area contributed by atoms with E-state index in [2.05, 4.69) is 10.6 Å². The minimum atomic E-state index is -1.07. The van der Waals surface area contributed by atoms with E-state index in [4.69, 9.17) is 21.1 Å². The Morgan fingerprint density at radius 3 is 2.35 bits per heavy atom. The average molecular weight is 459 g/mol. The van der Waals surface area contributed by atoms with Crippen molar-refractivity contribution < 1.29 is 23.5 Å². The van der Waals surface area contributed by atoms with Gasteiger partial charge in [0.1, 0.15) is 12.8 Å². The van der Waals surface area contributed by atoms with E-state index in [0.29, 0.717) is 44.1 Å². The molecule has 2 bridgehead atoms. The molecule has 5 aliphatic rings. The van der Waals surface area contributed by atoms with Crippen LogP contribution in [0.4, 0.5) is 4.39 Å². The van der Waals surface area contributed by atoms with Gasteiger partial charge in [0.2, 0.25) is 11.8 Å². The van der Waals surface area contributed by atoms with Gasteiger partial charge < -0.3 is 20.1 Å². The molecule has 0 spiro atoms. The molecule has 0 heterocycles. The van der Waals surface area contributed by atoms with Crippen molar-refractivity contribution in [2.24, 2.45) is 11.3 Å². The van der Waals surface area contributed by atoms with Crippen molar-refractivity contribution in [1.82, 2.24) is 10.6 Å². The van der Waals surface area contributed by atoms with Crippen LogP contribution in [0.2, 0.25) is 0 Å². The predicted octanol–water partition coefficient (Wildman–Crippen LogP) is 3.25.